The highest BCUT2D eigenvalue weighted by atomic mass is 15.0. The molecule has 5 nitrogen and oxygen atoms in total. The second-order valence-corrected chi connectivity index (χ2v) is 14.0. The van der Waals surface area contributed by atoms with Crippen molar-refractivity contribution < 1.29 is 0 Å². The number of nitrogens with zero attached hydrogens (tertiary/aromatic N) is 5. The molecular weight excluding hydrogens is 671 g/mol. The van der Waals surface area contributed by atoms with Crippen LogP contribution in [0.2, 0.25) is 0 Å². The van der Waals surface area contributed by atoms with Gasteiger partial charge < -0.3 is 13.7 Å². The molecule has 254 valence electrons. The van der Waals surface area contributed by atoms with Gasteiger partial charge in [0.2, 0.25) is 0 Å². The van der Waals surface area contributed by atoms with Gasteiger partial charge in [0.15, 0.2) is 0 Å². The molecule has 3 heterocycles. The fraction of sp³-hybridized carbons (Fsp3) is 0. The van der Waals surface area contributed by atoms with E-state index in [2.05, 4.69) is 165 Å². The van der Waals surface area contributed by atoms with Crippen molar-refractivity contribution in [3.63, 3.8) is 0 Å². The van der Waals surface area contributed by atoms with Gasteiger partial charge in [-0.1, -0.05) is 97.1 Å². The van der Waals surface area contributed by atoms with E-state index in [0.29, 0.717) is 11.1 Å². The second-order valence-electron chi connectivity index (χ2n) is 14.0. The molecule has 11 aromatic rings. The highest BCUT2D eigenvalue weighted by Crippen LogP contribution is 2.41. The molecule has 0 aliphatic carbocycles. The van der Waals surface area contributed by atoms with E-state index >= 15 is 0 Å². The van der Waals surface area contributed by atoms with Gasteiger partial charge in [0.1, 0.15) is 0 Å². The van der Waals surface area contributed by atoms with E-state index in [1.807, 2.05) is 36.4 Å². The van der Waals surface area contributed by atoms with Crippen molar-refractivity contribution >= 4 is 65.4 Å². The van der Waals surface area contributed by atoms with Crippen molar-refractivity contribution in [2.45, 2.75) is 0 Å². The molecule has 0 aliphatic heterocycles. The Balaban J connectivity index is 1.14. The summed E-state index contributed by atoms with van der Waals surface area (Å²) in [5, 5.41) is 27.2. The fourth-order valence-electron chi connectivity index (χ4n) is 8.76. The zero-order chi connectivity index (χ0) is 36.6. The molecule has 0 fully saturated rings. The smallest absolute Gasteiger partial charge is 0.0992 e. The Morgan fingerprint density at radius 1 is 0.327 bits per heavy atom. The van der Waals surface area contributed by atoms with Gasteiger partial charge in [0.05, 0.1) is 62.1 Å². The van der Waals surface area contributed by atoms with Crippen molar-refractivity contribution in [2.75, 3.05) is 0 Å². The predicted octanol–water partition coefficient (Wildman–Crippen LogP) is 12.4. The summed E-state index contributed by atoms with van der Waals surface area (Å²) < 4.78 is 6.92. The second kappa shape index (κ2) is 11.8. The summed E-state index contributed by atoms with van der Waals surface area (Å²) in [6, 6.07) is 65.9. The van der Waals surface area contributed by atoms with E-state index < -0.39 is 0 Å². The molecule has 11 rings (SSSR count). The third-order valence-corrected chi connectivity index (χ3v) is 11.0. The molecule has 0 amide bonds. The molecule has 8 aromatic carbocycles. The molecule has 0 saturated carbocycles. The quantitative estimate of drug-likeness (QED) is 0.184. The number of hydrogen-bond donors (Lipinski definition) is 0. The lowest BCUT2D eigenvalue weighted by Gasteiger charge is -2.14. The van der Waals surface area contributed by atoms with Crippen molar-refractivity contribution in [2.24, 2.45) is 0 Å². The molecule has 0 bridgehead atoms. The number of hydrogen-bond acceptors (Lipinski definition) is 2. The highest BCUT2D eigenvalue weighted by molar-refractivity contribution is 6.16. The average molecular weight is 700 g/mol. The minimum Gasteiger partial charge on any atom is -0.309 e. The Morgan fingerprint density at radius 3 is 1.53 bits per heavy atom. The molecule has 0 aliphatic rings. The highest BCUT2D eigenvalue weighted by Gasteiger charge is 2.20. The molecule has 0 N–H and O–H groups in total. The maximum atomic E-state index is 10.4. The van der Waals surface area contributed by atoms with E-state index in [0.717, 1.165) is 82.8 Å². The topological polar surface area (TPSA) is 62.4 Å². The van der Waals surface area contributed by atoms with Gasteiger partial charge in [-0.05, 0) is 90.0 Å². The molecule has 5 heteroatoms. The van der Waals surface area contributed by atoms with Gasteiger partial charge in [-0.2, -0.15) is 10.5 Å². The number of benzene rings is 8. The Morgan fingerprint density at radius 2 is 0.855 bits per heavy atom. The van der Waals surface area contributed by atoms with Gasteiger partial charge in [0.25, 0.3) is 0 Å². The molecule has 3 aromatic heterocycles. The fourth-order valence-corrected chi connectivity index (χ4v) is 8.76. The van der Waals surface area contributed by atoms with Gasteiger partial charge in [0, 0.05) is 43.7 Å². The Bertz CT molecular complexity index is 3420. The van der Waals surface area contributed by atoms with Crippen LogP contribution in [0.1, 0.15) is 11.1 Å². The molecule has 0 spiro atoms. The maximum absolute atomic E-state index is 10.4. The van der Waals surface area contributed by atoms with Crippen LogP contribution in [0.5, 0.6) is 0 Å². The lowest BCUT2D eigenvalue weighted by Crippen LogP contribution is -1.98. The van der Waals surface area contributed by atoms with Crippen LogP contribution in [-0.2, 0) is 0 Å². The number of aromatic nitrogens is 3. The summed E-state index contributed by atoms with van der Waals surface area (Å²) in [5.41, 5.74) is 12.6. The van der Waals surface area contributed by atoms with Gasteiger partial charge in [-0.25, -0.2) is 0 Å². The third-order valence-electron chi connectivity index (χ3n) is 11.0. The van der Waals surface area contributed by atoms with Gasteiger partial charge >= 0.3 is 0 Å². The zero-order valence-electron chi connectivity index (χ0n) is 29.5. The van der Waals surface area contributed by atoms with E-state index in [9.17, 15) is 10.5 Å². The SMILES string of the molecule is N#Cc1cc(-c2cccc(-n3c4ccccc4c4ccc(C#N)cc43)c2)cc(-n2c3ccccc3c3c(-n4c5ccccc5c5ccccc54)cccc32)c1. The molecular formula is C50H29N5. The van der Waals surface area contributed by atoms with Crippen LogP contribution in [0.15, 0.2) is 176 Å². The lowest BCUT2D eigenvalue weighted by atomic mass is 10.0. The third kappa shape index (κ3) is 4.51. The van der Waals surface area contributed by atoms with E-state index in [1.54, 1.807) is 0 Å². The van der Waals surface area contributed by atoms with Crippen LogP contribution in [0.3, 0.4) is 0 Å². The summed E-state index contributed by atoms with van der Waals surface area (Å²) in [6.07, 6.45) is 0. The molecule has 0 radical (unpaired) electrons. The average Bonchev–Trinajstić information content (AvgIpc) is 3.89. The first-order valence-electron chi connectivity index (χ1n) is 18.3. The minimum atomic E-state index is 0.581. The first-order chi connectivity index (χ1) is 27.2. The number of para-hydroxylation sites is 4. The summed E-state index contributed by atoms with van der Waals surface area (Å²) in [7, 11) is 0. The largest absolute Gasteiger partial charge is 0.309 e. The maximum Gasteiger partial charge on any atom is 0.0992 e. The van der Waals surface area contributed by atoms with E-state index in [1.165, 1.54) is 10.8 Å². The number of nitriles is 2. The van der Waals surface area contributed by atoms with E-state index in [4.69, 9.17) is 0 Å². The van der Waals surface area contributed by atoms with Crippen molar-refractivity contribution in [1.29, 1.82) is 10.5 Å². The summed E-state index contributed by atoms with van der Waals surface area (Å²) in [6.45, 7) is 0. The van der Waals surface area contributed by atoms with Crippen LogP contribution in [0.25, 0.3) is 93.6 Å². The summed E-state index contributed by atoms with van der Waals surface area (Å²) in [5.74, 6) is 0. The van der Waals surface area contributed by atoms with Crippen molar-refractivity contribution in [3.05, 3.63) is 187 Å². The molecule has 0 atom stereocenters. The molecule has 55 heavy (non-hydrogen) atoms. The first-order valence-corrected chi connectivity index (χ1v) is 18.3. The van der Waals surface area contributed by atoms with Gasteiger partial charge in [-0.3, -0.25) is 0 Å². The Hall–Kier alpha value is -7.86. The van der Waals surface area contributed by atoms with Crippen LogP contribution in [0.4, 0.5) is 0 Å². The van der Waals surface area contributed by atoms with Crippen LogP contribution >= 0.6 is 0 Å². The van der Waals surface area contributed by atoms with Crippen molar-refractivity contribution in [3.8, 4) is 40.3 Å². The van der Waals surface area contributed by atoms with Gasteiger partial charge in [-0.15, -0.1) is 0 Å². The Kier molecular flexibility index (Phi) is 6.61. The zero-order valence-corrected chi connectivity index (χ0v) is 29.5. The minimum absolute atomic E-state index is 0.581. The summed E-state index contributed by atoms with van der Waals surface area (Å²) >= 11 is 0. The normalized spacial score (nSPS) is 11.6. The predicted molar refractivity (Wildman–Crippen MR) is 224 cm³/mol. The summed E-state index contributed by atoms with van der Waals surface area (Å²) in [4.78, 5) is 0. The molecule has 0 unspecified atom stereocenters. The molecule has 0 saturated heterocycles. The van der Waals surface area contributed by atoms with Crippen molar-refractivity contribution in [1.82, 2.24) is 13.7 Å². The monoisotopic (exact) mass is 699 g/mol. The number of fused-ring (bicyclic) bond motifs is 9. The first kappa shape index (κ1) is 30.7. The van der Waals surface area contributed by atoms with Crippen LogP contribution in [-0.4, -0.2) is 13.7 Å². The van der Waals surface area contributed by atoms with E-state index in [-0.39, 0.29) is 0 Å². The van der Waals surface area contributed by atoms with Crippen LogP contribution in [0, 0.1) is 22.7 Å². The standard InChI is InChI=1S/C50H29N5/c51-30-32-23-24-41-40-15-1-5-17-43(40)53(49(41)27-32)36-12-9-11-34(28-36)35-25-33(31-52)26-37(29-35)54-46-20-8-4-16-42(46)50-47(54)21-10-22-48(50)55-44-18-6-2-13-38(44)39-14-3-7-19-45(39)55/h1-29H. The Labute approximate surface area is 316 Å². The number of rotatable bonds is 4. The lowest BCUT2D eigenvalue weighted by molar-refractivity contribution is 1.16. The van der Waals surface area contributed by atoms with Crippen LogP contribution < -0.4 is 0 Å².